The highest BCUT2D eigenvalue weighted by Gasteiger charge is 2.14. The molecule has 1 N–H and O–H groups in total. The Labute approximate surface area is 164 Å². The molecule has 0 bridgehead atoms. The highest BCUT2D eigenvalue weighted by Crippen LogP contribution is 2.34. The second-order valence-electron chi connectivity index (χ2n) is 5.18. The van der Waals surface area contributed by atoms with Crippen LogP contribution in [0.25, 0.3) is 6.08 Å². The Hall–Kier alpha value is -3.31. The SMILES string of the molecule is COc1cc(/C=C(/C#N)C(=O)Nc2ccccc2)c(Br)cc1OCC(=O)[O-]. The van der Waals surface area contributed by atoms with E-state index < -0.39 is 18.5 Å². The van der Waals surface area contributed by atoms with Gasteiger partial charge in [-0.1, -0.05) is 34.1 Å². The first-order chi connectivity index (χ1) is 12.9. The van der Waals surface area contributed by atoms with Gasteiger partial charge in [0.15, 0.2) is 11.5 Å². The fraction of sp³-hybridized carbons (Fsp3) is 0.105. The second kappa shape index (κ2) is 9.40. The molecule has 0 saturated heterocycles. The number of carbonyl (C=O) groups is 2. The number of nitrogens with one attached hydrogen (secondary N) is 1. The third-order valence-electron chi connectivity index (χ3n) is 3.33. The molecule has 8 heteroatoms. The number of hydrogen-bond acceptors (Lipinski definition) is 6. The smallest absolute Gasteiger partial charge is 0.266 e. The number of carbonyl (C=O) groups excluding carboxylic acids is 2. The van der Waals surface area contributed by atoms with Crippen LogP contribution in [0, 0.1) is 11.3 Å². The summed E-state index contributed by atoms with van der Waals surface area (Å²) in [7, 11) is 1.38. The molecule has 1 amide bonds. The Morgan fingerprint density at radius 2 is 1.96 bits per heavy atom. The van der Waals surface area contributed by atoms with Crippen LogP contribution in [0.2, 0.25) is 0 Å². The van der Waals surface area contributed by atoms with Crippen molar-refractivity contribution in [2.45, 2.75) is 0 Å². The average Bonchev–Trinajstić information content (AvgIpc) is 2.66. The number of benzene rings is 2. The highest BCUT2D eigenvalue weighted by atomic mass is 79.9. The van der Waals surface area contributed by atoms with Crippen molar-refractivity contribution in [2.24, 2.45) is 0 Å². The molecule has 0 aliphatic rings. The molecule has 0 radical (unpaired) electrons. The minimum Gasteiger partial charge on any atom is -0.546 e. The predicted molar refractivity (Wildman–Crippen MR) is 99.9 cm³/mol. The quantitative estimate of drug-likeness (QED) is 0.532. The van der Waals surface area contributed by atoms with Crippen molar-refractivity contribution in [3.8, 4) is 17.6 Å². The lowest BCUT2D eigenvalue weighted by Gasteiger charge is -2.13. The zero-order chi connectivity index (χ0) is 19.8. The zero-order valence-electron chi connectivity index (χ0n) is 14.2. The van der Waals surface area contributed by atoms with Crippen molar-refractivity contribution in [1.29, 1.82) is 5.26 Å². The normalized spacial score (nSPS) is 10.6. The van der Waals surface area contributed by atoms with E-state index in [1.165, 1.54) is 25.3 Å². The van der Waals surface area contributed by atoms with Crippen LogP contribution in [0.15, 0.2) is 52.5 Å². The summed E-state index contributed by atoms with van der Waals surface area (Å²) in [6, 6.07) is 13.6. The number of rotatable bonds is 7. The van der Waals surface area contributed by atoms with Crippen LogP contribution < -0.4 is 19.9 Å². The fourth-order valence-electron chi connectivity index (χ4n) is 2.09. The van der Waals surface area contributed by atoms with Gasteiger partial charge in [-0.15, -0.1) is 0 Å². The summed E-state index contributed by atoms with van der Waals surface area (Å²) in [5.74, 6) is -1.52. The summed E-state index contributed by atoms with van der Waals surface area (Å²) < 4.78 is 10.8. The summed E-state index contributed by atoms with van der Waals surface area (Å²) in [4.78, 5) is 22.9. The Kier molecular flexibility index (Phi) is 6.97. The molecule has 0 aliphatic carbocycles. The molecule has 2 aromatic rings. The van der Waals surface area contributed by atoms with Crippen molar-refractivity contribution >= 4 is 39.6 Å². The van der Waals surface area contributed by atoms with Crippen molar-refractivity contribution in [1.82, 2.24) is 0 Å². The summed E-state index contributed by atoms with van der Waals surface area (Å²) in [6.07, 6.45) is 1.38. The van der Waals surface area contributed by atoms with Gasteiger partial charge >= 0.3 is 0 Å². The van der Waals surface area contributed by atoms with Gasteiger partial charge < -0.3 is 24.7 Å². The molecular weight excluding hydrogens is 416 g/mol. The van der Waals surface area contributed by atoms with Gasteiger partial charge in [0.2, 0.25) is 0 Å². The van der Waals surface area contributed by atoms with Crippen LogP contribution >= 0.6 is 15.9 Å². The van der Waals surface area contributed by atoms with E-state index >= 15 is 0 Å². The van der Waals surface area contributed by atoms with E-state index in [0.29, 0.717) is 15.7 Å². The van der Waals surface area contributed by atoms with Crippen LogP contribution in [0.5, 0.6) is 11.5 Å². The maximum absolute atomic E-state index is 12.3. The number of hydrogen-bond donors (Lipinski definition) is 1. The van der Waals surface area contributed by atoms with Crippen LogP contribution in [0.4, 0.5) is 5.69 Å². The van der Waals surface area contributed by atoms with E-state index in [-0.39, 0.29) is 17.1 Å². The third kappa shape index (κ3) is 5.59. The van der Waals surface area contributed by atoms with Crippen LogP contribution in [0.3, 0.4) is 0 Å². The van der Waals surface area contributed by atoms with Crippen LogP contribution in [0.1, 0.15) is 5.56 Å². The Morgan fingerprint density at radius 1 is 1.26 bits per heavy atom. The van der Waals surface area contributed by atoms with Gasteiger partial charge in [0.05, 0.1) is 13.1 Å². The van der Waals surface area contributed by atoms with E-state index in [9.17, 15) is 20.0 Å². The molecule has 0 heterocycles. The van der Waals surface area contributed by atoms with Crippen molar-refractivity contribution in [3.05, 3.63) is 58.1 Å². The predicted octanol–water partition coefficient (Wildman–Crippen LogP) is 2.13. The number of methoxy groups -OCH3 is 1. The van der Waals surface area contributed by atoms with Crippen molar-refractivity contribution in [2.75, 3.05) is 19.0 Å². The summed E-state index contributed by atoms with van der Waals surface area (Å²) in [5, 5.41) is 22.5. The van der Waals surface area contributed by atoms with Gasteiger partial charge in [-0.25, -0.2) is 0 Å². The van der Waals surface area contributed by atoms with Crippen molar-refractivity contribution in [3.63, 3.8) is 0 Å². The summed E-state index contributed by atoms with van der Waals surface area (Å²) in [5.41, 5.74) is 0.920. The Bertz CT molecular complexity index is 920. The molecule has 0 unspecified atom stereocenters. The number of ether oxygens (including phenoxy) is 2. The molecule has 0 atom stereocenters. The molecule has 138 valence electrons. The third-order valence-corrected chi connectivity index (χ3v) is 4.01. The molecule has 0 spiro atoms. The minimum absolute atomic E-state index is 0.120. The van der Waals surface area contributed by atoms with E-state index in [1.807, 2.05) is 12.1 Å². The van der Waals surface area contributed by atoms with Crippen LogP contribution in [-0.2, 0) is 9.59 Å². The van der Waals surface area contributed by atoms with Gasteiger partial charge in [0, 0.05) is 10.2 Å². The van der Waals surface area contributed by atoms with E-state index in [1.54, 1.807) is 24.3 Å². The lowest BCUT2D eigenvalue weighted by Crippen LogP contribution is -2.29. The minimum atomic E-state index is -1.37. The molecule has 0 saturated carbocycles. The van der Waals surface area contributed by atoms with E-state index in [0.717, 1.165) is 0 Å². The lowest BCUT2D eigenvalue weighted by molar-refractivity contribution is -0.307. The molecule has 0 aromatic heterocycles. The summed E-state index contributed by atoms with van der Waals surface area (Å²) >= 11 is 3.31. The first-order valence-corrected chi connectivity index (χ1v) is 8.42. The van der Waals surface area contributed by atoms with Gasteiger partial charge in [-0.2, -0.15) is 5.26 Å². The number of halogens is 1. The molecule has 2 aromatic carbocycles. The first kappa shape index (κ1) is 20.0. The highest BCUT2D eigenvalue weighted by molar-refractivity contribution is 9.10. The number of para-hydroxylation sites is 1. The largest absolute Gasteiger partial charge is 0.546 e. The molecule has 0 aliphatic heterocycles. The lowest BCUT2D eigenvalue weighted by atomic mass is 10.1. The molecule has 27 heavy (non-hydrogen) atoms. The van der Waals surface area contributed by atoms with Gasteiger partial charge in [-0.05, 0) is 35.9 Å². The molecule has 2 rings (SSSR count). The van der Waals surface area contributed by atoms with Gasteiger partial charge in [0.1, 0.15) is 18.2 Å². The topological polar surface area (TPSA) is 111 Å². The van der Waals surface area contributed by atoms with E-state index in [4.69, 9.17) is 9.47 Å². The Morgan fingerprint density at radius 3 is 2.56 bits per heavy atom. The summed E-state index contributed by atoms with van der Waals surface area (Å²) in [6.45, 7) is -0.638. The van der Waals surface area contributed by atoms with Crippen molar-refractivity contribution < 1.29 is 24.2 Å². The number of carboxylic acid groups (broad SMARTS) is 1. The number of amides is 1. The number of nitrogens with zero attached hydrogens (tertiary/aromatic N) is 1. The second-order valence-corrected chi connectivity index (χ2v) is 6.03. The number of anilines is 1. The van der Waals surface area contributed by atoms with E-state index in [2.05, 4.69) is 21.2 Å². The van der Waals surface area contributed by atoms with Gasteiger partial charge in [0.25, 0.3) is 5.91 Å². The van der Waals surface area contributed by atoms with Gasteiger partial charge in [-0.3, -0.25) is 4.79 Å². The Balaban J connectivity index is 2.30. The average molecular weight is 430 g/mol. The molecule has 7 nitrogen and oxygen atoms in total. The van der Waals surface area contributed by atoms with Crippen LogP contribution in [-0.4, -0.2) is 25.6 Å². The number of aliphatic carboxylic acids is 1. The monoisotopic (exact) mass is 429 g/mol. The number of carboxylic acids is 1. The zero-order valence-corrected chi connectivity index (χ0v) is 15.8. The molecular formula is C19H14BrN2O5-. The standard InChI is InChI=1S/C19H15BrN2O5/c1-26-16-8-12(15(20)9-17(16)27-11-18(23)24)7-13(10-21)19(25)22-14-5-3-2-4-6-14/h2-9H,11H2,1H3,(H,22,25)(H,23,24)/p-1/b13-7-. The fourth-order valence-corrected chi connectivity index (χ4v) is 2.53. The number of nitriles is 1. The maximum atomic E-state index is 12.3. The maximum Gasteiger partial charge on any atom is 0.266 e. The molecule has 0 fully saturated rings. The first-order valence-electron chi connectivity index (χ1n) is 7.63.